The van der Waals surface area contributed by atoms with Gasteiger partial charge >= 0.3 is 0 Å². The Morgan fingerprint density at radius 2 is 1.96 bits per heavy atom. The van der Waals surface area contributed by atoms with Crippen LogP contribution in [0.4, 0.5) is 16.8 Å². The highest BCUT2D eigenvalue weighted by Crippen LogP contribution is 2.24. The van der Waals surface area contributed by atoms with Gasteiger partial charge < -0.3 is 10.6 Å². The van der Waals surface area contributed by atoms with Gasteiger partial charge in [-0.1, -0.05) is 17.7 Å². The predicted octanol–water partition coefficient (Wildman–Crippen LogP) is 4.51. The SMILES string of the molecule is Cc1nc(Nc2nc(C)c(C)s2)ncc1C(=O)Nc1cccc(Cl)c1. The van der Waals surface area contributed by atoms with Crippen molar-refractivity contribution in [3.05, 3.63) is 57.3 Å². The van der Waals surface area contributed by atoms with Gasteiger partial charge in [-0.05, 0) is 39.0 Å². The summed E-state index contributed by atoms with van der Waals surface area (Å²) in [6, 6.07) is 6.96. The summed E-state index contributed by atoms with van der Waals surface area (Å²) in [5.41, 5.74) is 2.56. The molecule has 1 amide bonds. The minimum atomic E-state index is -0.285. The van der Waals surface area contributed by atoms with Crippen LogP contribution >= 0.6 is 22.9 Å². The lowest BCUT2D eigenvalue weighted by atomic mass is 10.2. The van der Waals surface area contributed by atoms with Crippen molar-refractivity contribution in [2.75, 3.05) is 10.6 Å². The zero-order valence-corrected chi connectivity index (χ0v) is 15.5. The molecule has 8 heteroatoms. The molecule has 0 unspecified atom stereocenters. The number of aromatic nitrogens is 3. The van der Waals surface area contributed by atoms with E-state index < -0.39 is 0 Å². The van der Waals surface area contributed by atoms with E-state index in [1.807, 2.05) is 13.8 Å². The number of aryl methyl sites for hydroxylation is 3. The van der Waals surface area contributed by atoms with Crippen molar-refractivity contribution in [1.29, 1.82) is 0 Å². The Morgan fingerprint density at radius 3 is 2.60 bits per heavy atom. The van der Waals surface area contributed by atoms with E-state index in [0.717, 1.165) is 15.7 Å². The van der Waals surface area contributed by atoms with Gasteiger partial charge in [0.05, 0.1) is 17.0 Å². The molecule has 2 heterocycles. The van der Waals surface area contributed by atoms with E-state index in [2.05, 4.69) is 25.6 Å². The van der Waals surface area contributed by atoms with Crippen LogP contribution in [0.5, 0.6) is 0 Å². The molecule has 2 N–H and O–H groups in total. The molecule has 3 aromatic rings. The van der Waals surface area contributed by atoms with Crippen LogP contribution in [0, 0.1) is 20.8 Å². The fourth-order valence-electron chi connectivity index (χ4n) is 2.14. The van der Waals surface area contributed by atoms with Crippen LogP contribution in [0.1, 0.15) is 26.6 Å². The second-order valence-electron chi connectivity index (χ2n) is 5.44. The lowest BCUT2D eigenvalue weighted by Crippen LogP contribution is -2.15. The Labute approximate surface area is 154 Å². The van der Waals surface area contributed by atoms with Gasteiger partial charge in [-0.15, -0.1) is 11.3 Å². The maximum absolute atomic E-state index is 12.4. The minimum absolute atomic E-state index is 0.285. The first kappa shape index (κ1) is 17.3. The second-order valence-corrected chi connectivity index (χ2v) is 7.08. The number of rotatable bonds is 4. The molecule has 0 aliphatic rings. The van der Waals surface area contributed by atoms with E-state index in [0.29, 0.717) is 27.9 Å². The summed E-state index contributed by atoms with van der Waals surface area (Å²) in [4.78, 5) is 26.5. The molecule has 0 bridgehead atoms. The average molecular weight is 374 g/mol. The number of hydrogen-bond acceptors (Lipinski definition) is 6. The molecule has 0 fully saturated rings. The van der Waals surface area contributed by atoms with Crippen LogP contribution in [-0.2, 0) is 0 Å². The van der Waals surface area contributed by atoms with E-state index in [1.165, 1.54) is 17.5 Å². The van der Waals surface area contributed by atoms with E-state index >= 15 is 0 Å². The summed E-state index contributed by atoms with van der Waals surface area (Å²) in [5, 5.41) is 7.13. The first-order chi connectivity index (χ1) is 11.9. The zero-order chi connectivity index (χ0) is 18.0. The third-order valence-electron chi connectivity index (χ3n) is 3.55. The number of amides is 1. The summed E-state index contributed by atoms with van der Waals surface area (Å²) >= 11 is 7.46. The smallest absolute Gasteiger partial charge is 0.259 e. The quantitative estimate of drug-likeness (QED) is 0.703. The summed E-state index contributed by atoms with van der Waals surface area (Å²) in [6.45, 7) is 5.72. The summed E-state index contributed by atoms with van der Waals surface area (Å²) in [7, 11) is 0. The Balaban J connectivity index is 1.76. The molecular weight excluding hydrogens is 358 g/mol. The van der Waals surface area contributed by atoms with Gasteiger partial charge in [0.1, 0.15) is 0 Å². The van der Waals surface area contributed by atoms with Gasteiger partial charge in [-0.3, -0.25) is 4.79 Å². The van der Waals surface area contributed by atoms with Crippen LogP contribution in [0.3, 0.4) is 0 Å². The average Bonchev–Trinajstić information content (AvgIpc) is 2.85. The van der Waals surface area contributed by atoms with Crippen LogP contribution < -0.4 is 10.6 Å². The fourth-order valence-corrected chi connectivity index (χ4v) is 3.14. The highest BCUT2D eigenvalue weighted by atomic mass is 35.5. The Hall–Kier alpha value is -2.51. The second kappa shape index (κ2) is 7.16. The standard InChI is InChI=1S/C17H16ClN5OS/c1-9-11(3)25-17(21-9)23-16-19-8-14(10(2)20-16)15(24)22-13-6-4-5-12(18)7-13/h4-8H,1-3H3,(H,22,24)(H,19,20,21,23). The zero-order valence-electron chi connectivity index (χ0n) is 13.9. The Kier molecular flexibility index (Phi) is 4.96. The molecule has 0 saturated heterocycles. The number of carbonyl (C=O) groups excluding carboxylic acids is 1. The molecule has 0 saturated carbocycles. The lowest BCUT2D eigenvalue weighted by molar-refractivity contribution is 0.102. The highest BCUT2D eigenvalue weighted by Gasteiger charge is 2.13. The third-order valence-corrected chi connectivity index (χ3v) is 4.78. The normalized spacial score (nSPS) is 10.6. The fraction of sp³-hybridized carbons (Fsp3) is 0.176. The molecule has 0 spiro atoms. The van der Waals surface area contributed by atoms with Crippen LogP contribution in [0.25, 0.3) is 0 Å². The van der Waals surface area contributed by atoms with Crippen molar-refractivity contribution in [2.45, 2.75) is 20.8 Å². The maximum atomic E-state index is 12.4. The Bertz CT molecular complexity index is 921. The molecule has 2 aromatic heterocycles. The number of halogens is 1. The topological polar surface area (TPSA) is 79.8 Å². The molecular formula is C17H16ClN5OS. The van der Waals surface area contributed by atoms with Crippen molar-refractivity contribution in [2.24, 2.45) is 0 Å². The lowest BCUT2D eigenvalue weighted by Gasteiger charge is -2.08. The molecule has 6 nitrogen and oxygen atoms in total. The van der Waals surface area contributed by atoms with Gasteiger partial charge in [0.25, 0.3) is 5.91 Å². The summed E-state index contributed by atoms with van der Waals surface area (Å²) in [5.74, 6) is 0.123. The molecule has 25 heavy (non-hydrogen) atoms. The summed E-state index contributed by atoms with van der Waals surface area (Å²) < 4.78 is 0. The first-order valence-corrected chi connectivity index (χ1v) is 8.73. The van der Waals surface area contributed by atoms with E-state index in [4.69, 9.17) is 11.6 Å². The van der Waals surface area contributed by atoms with Gasteiger partial charge in [-0.25, -0.2) is 15.0 Å². The third kappa shape index (κ3) is 4.12. The van der Waals surface area contributed by atoms with E-state index in [9.17, 15) is 4.79 Å². The van der Waals surface area contributed by atoms with Gasteiger partial charge in [-0.2, -0.15) is 0 Å². The van der Waals surface area contributed by atoms with Crippen LogP contribution in [0.15, 0.2) is 30.5 Å². The highest BCUT2D eigenvalue weighted by molar-refractivity contribution is 7.15. The van der Waals surface area contributed by atoms with Crippen LogP contribution in [0.2, 0.25) is 5.02 Å². The molecule has 0 atom stereocenters. The predicted molar refractivity (Wildman–Crippen MR) is 101 cm³/mol. The molecule has 0 radical (unpaired) electrons. The Morgan fingerprint density at radius 1 is 1.16 bits per heavy atom. The number of nitrogens with one attached hydrogen (secondary N) is 2. The van der Waals surface area contributed by atoms with E-state index in [1.54, 1.807) is 31.2 Å². The molecule has 1 aromatic carbocycles. The first-order valence-electron chi connectivity index (χ1n) is 7.54. The van der Waals surface area contributed by atoms with Crippen molar-refractivity contribution < 1.29 is 4.79 Å². The van der Waals surface area contributed by atoms with Crippen molar-refractivity contribution >= 4 is 45.6 Å². The molecule has 3 rings (SSSR count). The number of carbonyl (C=O) groups is 1. The number of benzene rings is 1. The monoisotopic (exact) mass is 373 g/mol. The van der Waals surface area contributed by atoms with Gasteiger partial charge in [0.15, 0.2) is 5.13 Å². The maximum Gasteiger partial charge on any atom is 0.259 e. The van der Waals surface area contributed by atoms with Crippen molar-refractivity contribution in [1.82, 2.24) is 15.0 Å². The van der Waals surface area contributed by atoms with Crippen molar-refractivity contribution in [3.8, 4) is 0 Å². The van der Waals surface area contributed by atoms with Gasteiger partial charge in [0.2, 0.25) is 5.95 Å². The number of hydrogen-bond donors (Lipinski definition) is 2. The van der Waals surface area contributed by atoms with Crippen molar-refractivity contribution in [3.63, 3.8) is 0 Å². The number of anilines is 3. The van der Waals surface area contributed by atoms with Gasteiger partial charge in [0, 0.05) is 21.8 Å². The molecule has 0 aliphatic heterocycles. The number of thiazole rings is 1. The minimum Gasteiger partial charge on any atom is -0.322 e. The summed E-state index contributed by atoms with van der Waals surface area (Å²) in [6.07, 6.45) is 1.50. The van der Waals surface area contributed by atoms with E-state index in [-0.39, 0.29) is 5.91 Å². The molecule has 128 valence electrons. The molecule has 0 aliphatic carbocycles. The van der Waals surface area contributed by atoms with Crippen LogP contribution in [-0.4, -0.2) is 20.9 Å². The largest absolute Gasteiger partial charge is 0.322 e. The number of nitrogens with zero attached hydrogens (tertiary/aromatic N) is 3.